The van der Waals surface area contributed by atoms with Crippen molar-refractivity contribution >= 4 is 11.6 Å². The van der Waals surface area contributed by atoms with Crippen LogP contribution in [0.5, 0.6) is 5.88 Å². The average Bonchev–Trinajstić information content (AvgIpc) is 2.36. The van der Waals surface area contributed by atoms with E-state index < -0.39 is 0 Å². The fourth-order valence-electron chi connectivity index (χ4n) is 0.960. The molecule has 0 aliphatic carbocycles. The van der Waals surface area contributed by atoms with Crippen LogP contribution in [-0.2, 0) is 6.42 Å². The monoisotopic (exact) mass is 156 g/mol. The molecule has 1 aliphatic rings. The van der Waals surface area contributed by atoms with Crippen molar-refractivity contribution in [2.75, 3.05) is 6.61 Å². The lowest BCUT2D eigenvalue weighted by molar-refractivity contribution is 0.344. The Kier molecular flexibility index (Phi) is 1.24. The predicted molar refractivity (Wildman–Crippen MR) is 36.2 cm³/mol. The summed E-state index contributed by atoms with van der Waals surface area (Å²) < 4.78 is 5.14. The normalized spacial score (nSPS) is 14.5. The van der Waals surface area contributed by atoms with E-state index in [1.807, 2.05) is 0 Å². The van der Waals surface area contributed by atoms with Crippen molar-refractivity contribution in [2.24, 2.45) is 0 Å². The van der Waals surface area contributed by atoms with Crippen molar-refractivity contribution < 1.29 is 4.74 Å². The molecule has 1 aromatic heterocycles. The molecule has 10 heavy (non-hydrogen) atoms. The molecule has 2 rings (SSSR count). The van der Waals surface area contributed by atoms with Crippen molar-refractivity contribution in [3.8, 4) is 5.88 Å². The zero-order valence-electron chi connectivity index (χ0n) is 5.17. The Hall–Kier alpha value is -0.830. The molecule has 0 radical (unpaired) electrons. The summed E-state index contributed by atoms with van der Waals surface area (Å²) in [4.78, 5) is 7.73. The molecule has 0 saturated heterocycles. The highest BCUT2D eigenvalue weighted by Gasteiger charge is 2.16. The largest absolute Gasteiger partial charge is 0.477 e. The third-order valence-electron chi connectivity index (χ3n) is 1.44. The van der Waals surface area contributed by atoms with Crippen molar-refractivity contribution in [1.29, 1.82) is 0 Å². The summed E-state index contributed by atoms with van der Waals surface area (Å²) >= 11 is 5.74. The summed E-state index contributed by atoms with van der Waals surface area (Å²) in [6.45, 7) is 0.674. The van der Waals surface area contributed by atoms with Gasteiger partial charge in [0.1, 0.15) is 11.5 Å². The third-order valence-corrected chi connectivity index (χ3v) is 1.77. The topological polar surface area (TPSA) is 35.0 Å². The molecule has 0 atom stereocenters. The maximum Gasteiger partial charge on any atom is 0.221 e. The van der Waals surface area contributed by atoms with E-state index >= 15 is 0 Å². The van der Waals surface area contributed by atoms with Crippen LogP contribution < -0.4 is 4.74 Å². The molecule has 0 bridgehead atoms. The Labute approximate surface area is 63.0 Å². The van der Waals surface area contributed by atoms with Crippen LogP contribution in [0.1, 0.15) is 5.56 Å². The molecule has 0 spiro atoms. The molecule has 0 saturated carbocycles. The van der Waals surface area contributed by atoms with Crippen LogP contribution in [0.4, 0.5) is 0 Å². The molecule has 0 amide bonds. The molecule has 0 N–H and O–H groups in total. The smallest absolute Gasteiger partial charge is 0.221 e. The second kappa shape index (κ2) is 2.09. The van der Waals surface area contributed by atoms with E-state index in [2.05, 4.69) is 9.97 Å². The van der Waals surface area contributed by atoms with E-state index in [0.29, 0.717) is 17.6 Å². The summed E-state index contributed by atoms with van der Waals surface area (Å²) in [5.74, 6) is 0.639. The van der Waals surface area contributed by atoms with Gasteiger partial charge in [0.15, 0.2) is 0 Å². The number of rotatable bonds is 0. The van der Waals surface area contributed by atoms with Gasteiger partial charge in [-0.2, -0.15) is 0 Å². The van der Waals surface area contributed by atoms with Gasteiger partial charge in [-0.3, -0.25) is 0 Å². The summed E-state index contributed by atoms with van der Waals surface area (Å²) in [6.07, 6.45) is 2.24. The number of aromatic nitrogens is 2. The van der Waals surface area contributed by atoms with Crippen molar-refractivity contribution in [3.05, 3.63) is 17.0 Å². The van der Waals surface area contributed by atoms with Gasteiger partial charge in [-0.05, 0) is 0 Å². The van der Waals surface area contributed by atoms with Crippen molar-refractivity contribution in [3.63, 3.8) is 0 Å². The molecule has 0 aromatic carbocycles. The highest BCUT2D eigenvalue weighted by molar-refractivity contribution is 6.30. The fraction of sp³-hybridized carbons (Fsp3) is 0.333. The average molecular weight is 157 g/mol. The number of halogens is 1. The van der Waals surface area contributed by atoms with Gasteiger partial charge in [-0.1, -0.05) is 11.6 Å². The Balaban J connectivity index is 2.59. The van der Waals surface area contributed by atoms with Crippen LogP contribution in [0.15, 0.2) is 6.33 Å². The standard InChI is InChI=1S/C6H5ClN2O/c7-5-4-1-2-10-6(4)9-3-8-5/h3H,1-2H2. The number of hydrogen-bond acceptors (Lipinski definition) is 3. The quantitative estimate of drug-likeness (QED) is 0.527. The second-order valence-electron chi connectivity index (χ2n) is 2.05. The van der Waals surface area contributed by atoms with Crippen molar-refractivity contribution in [2.45, 2.75) is 6.42 Å². The van der Waals surface area contributed by atoms with E-state index in [1.54, 1.807) is 0 Å². The van der Waals surface area contributed by atoms with Crippen LogP contribution >= 0.6 is 11.6 Å². The summed E-state index contributed by atoms with van der Waals surface area (Å²) in [5.41, 5.74) is 0.934. The third kappa shape index (κ3) is 0.743. The van der Waals surface area contributed by atoms with Crippen LogP contribution in [0.3, 0.4) is 0 Å². The van der Waals surface area contributed by atoms with Gasteiger partial charge in [0.25, 0.3) is 0 Å². The van der Waals surface area contributed by atoms with E-state index in [1.165, 1.54) is 6.33 Å². The van der Waals surface area contributed by atoms with Crippen LogP contribution in [0, 0.1) is 0 Å². The number of hydrogen-bond donors (Lipinski definition) is 0. The van der Waals surface area contributed by atoms with Crippen molar-refractivity contribution in [1.82, 2.24) is 9.97 Å². The van der Waals surface area contributed by atoms with Crippen LogP contribution in [0.25, 0.3) is 0 Å². The first kappa shape index (κ1) is 5.92. The Bertz CT molecular complexity index is 264. The maximum absolute atomic E-state index is 5.74. The Morgan fingerprint density at radius 2 is 2.40 bits per heavy atom. The zero-order chi connectivity index (χ0) is 6.97. The molecule has 1 aliphatic heterocycles. The van der Waals surface area contributed by atoms with Gasteiger partial charge < -0.3 is 4.74 Å². The highest BCUT2D eigenvalue weighted by Crippen LogP contribution is 2.26. The molecule has 1 aromatic rings. The SMILES string of the molecule is Clc1ncnc2c1CCO2. The number of ether oxygens (including phenoxy) is 1. The summed E-state index contributed by atoms with van der Waals surface area (Å²) in [7, 11) is 0. The van der Waals surface area contributed by atoms with Gasteiger partial charge in [-0.15, -0.1) is 0 Å². The molecule has 4 heteroatoms. The second-order valence-corrected chi connectivity index (χ2v) is 2.40. The molecule has 2 heterocycles. The molecule has 0 unspecified atom stereocenters. The number of fused-ring (bicyclic) bond motifs is 1. The molecular formula is C6H5ClN2O. The van der Waals surface area contributed by atoms with E-state index in [-0.39, 0.29) is 0 Å². The zero-order valence-corrected chi connectivity index (χ0v) is 5.93. The lowest BCUT2D eigenvalue weighted by Crippen LogP contribution is -1.87. The first-order valence-electron chi connectivity index (χ1n) is 3.00. The van der Waals surface area contributed by atoms with E-state index in [9.17, 15) is 0 Å². The predicted octanol–water partition coefficient (Wildman–Crippen LogP) is 1.06. The highest BCUT2D eigenvalue weighted by atomic mass is 35.5. The summed E-state index contributed by atoms with van der Waals surface area (Å²) in [5, 5.41) is 0.516. The molecule has 0 fully saturated rings. The maximum atomic E-state index is 5.74. The minimum absolute atomic E-state index is 0.516. The van der Waals surface area contributed by atoms with Gasteiger partial charge in [-0.25, -0.2) is 9.97 Å². The minimum Gasteiger partial charge on any atom is -0.477 e. The lowest BCUT2D eigenvalue weighted by atomic mass is 10.3. The van der Waals surface area contributed by atoms with Gasteiger partial charge in [0, 0.05) is 6.42 Å². The number of nitrogens with zero attached hydrogens (tertiary/aromatic N) is 2. The Morgan fingerprint density at radius 1 is 1.50 bits per heavy atom. The van der Waals surface area contributed by atoms with E-state index in [4.69, 9.17) is 16.3 Å². The van der Waals surface area contributed by atoms with E-state index in [0.717, 1.165) is 12.0 Å². The minimum atomic E-state index is 0.516. The van der Waals surface area contributed by atoms with Crippen LogP contribution in [0.2, 0.25) is 5.15 Å². The fourth-order valence-corrected chi connectivity index (χ4v) is 1.18. The van der Waals surface area contributed by atoms with Crippen LogP contribution in [-0.4, -0.2) is 16.6 Å². The Morgan fingerprint density at radius 3 is 3.20 bits per heavy atom. The summed E-state index contributed by atoms with van der Waals surface area (Å²) in [6, 6.07) is 0. The first-order valence-corrected chi connectivity index (χ1v) is 3.38. The van der Waals surface area contributed by atoms with Gasteiger partial charge >= 0.3 is 0 Å². The molecule has 52 valence electrons. The first-order chi connectivity index (χ1) is 4.88. The molecule has 3 nitrogen and oxygen atoms in total. The molecular weight excluding hydrogens is 152 g/mol. The van der Waals surface area contributed by atoms with Gasteiger partial charge in [0.05, 0.1) is 12.2 Å². The van der Waals surface area contributed by atoms with Gasteiger partial charge in [0.2, 0.25) is 5.88 Å². The lowest BCUT2D eigenvalue weighted by Gasteiger charge is -1.95.